The Morgan fingerprint density at radius 2 is 1.64 bits per heavy atom. The molecule has 0 atom stereocenters. The maximum absolute atomic E-state index is 13.1. The lowest BCUT2D eigenvalue weighted by atomic mass is 10.1. The number of nitrogens with zero attached hydrogens (tertiary/aromatic N) is 2. The predicted molar refractivity (Wildman–Crippen MR) is 108 cm³/mol. The largest absolute Gasteiger partial charge is 0.347 e. The molecule has 4 nitrogen and oxygen atoms in total. The highest BCUT2D eigenvalue weighted by Crippen LogP contribution is 2.25. The van der Waals surface area contributed by atoms with Crippen LogP contribution in [0.25, 0.3) is 16.9 Å². The molecule has 5 heteroatoms. The van der Waals surface area contributed by atoms with Gasteiger partial charge in [0.2, 0.25) is 0 Å². The second-order valence-electron chi connectivity index (χ2n) is 6.92. The molecule has 1 N–H and O–H groups in total. The quantitative estimate of drug-likeness (QED) is 0.564. The molecule has 4 aromatic rings. The van der Waals surface area contributed by atoms with Gasteiger partial charge in [-0.25, -0.2) is 9.37 Å². The standard InChI is InChI=1S/C23H20FN3O/c1-15-3-8-18(9-4-15)21-22(27-14-16(2)5-12-20(27)26-21)23(28)25-13-17-6-10-19(24)11-7-17/h3-12,14H,13H2,1-2H3,(H,25,28). The lowest BCUT2D eigenvalue weighted by molar-refractivity contribution is 0.0945. The van der Waals surface area contributed by atoms with Crippen molar-refractivity contribution >= 4 is 11.6 Å². The first-order valence-corrected chi connectivity index (χ1v) is 9.09. The number of aryl methyl sites for hydroxylation is 2. The van der Waals surface area contributed by atoms with E-state index in [1.54, 1.807) is 12.1 Å². The van der Waals surface area contributed by atoms with E-state index in [9.17, 15) is 9.18 Å². The molecule has 2 aromatic heterocycles. The number of benzene rings is 2. The zero-order valence-electron chi connectivity index (χ0n) is 15.7. The minimum Gasteiger partial charge on any atom is -0.347 e. The van der Waals surface area contributed by atoms with Crippen LogP contribution in [0.15, 0.2) is 66.9 Å². The number of imidazole rings is 1. The molecule has 140 valence electrons. The molecule has 0 saturated carbocycles. The third-order valence-corrected chi connectivity index (χ3v) is 4.67. The number of aromatic nitrogens is 2. The molecule has 1 amide bonds. The molecule has 4 rings (SSSR count). The van der Waals surface area contributed by atoms with E-state index in [4.69, 9.17) is 4.98 Å². The first kappa shape index (κ1) is 17.9. The van der Waals surface area contributed by atoms with Gasteiger partial charge in [0.15, 0.2) is 0 Å². The average molecular weight is 373 g/mol. The SMILES string of the molecule is Cc1ccc(-c2nc3ccc(C)cn3c2C(=O)NCc2ccc(F)cc2)cc1. The second-order valence-corrected chi connectivity index (χ2v) is 6.92. The normalized spacial score (nSPS) is 11.0. The van der Waals surface area contributed by atoms with E-state index >= 15 is 0 Å². The molecule has 0 aliphatic heterocycles. The Kier molecular flexibility index (Phi) is 4.65. The van der Waals surface area contributed by atoms with E-state index in [0.717, 1.165) is 22.3 Å². The second kappa shape index (κ2) is 7.27. The Bertz CT molecular complexity index is 1150. The lowest BCUT2D eigenvalue weighted by Gasteiger charge is -2.08. The fourth-order valence-electron chi connectivity index (χ4n) is 3.15. The average Bonchev–Trinajstić information content (AvgIpc) is 3.06. The third-order valence-electron chi connectivity index (χ3n) is 4.67. The number of hydrogen-bond donors (Lipinski definition) is 1. The summed E-state index contributed by atoms with van der Waals surface area (Å²) in [6, 6.07) is 17.9. The van der Waals surface area contributed by atoms with E-state index in [-0.39, 0.29) is 11.7 Å². The minimum atomic E-state index is -0.297. The van der Waals surface area contributed by atoms with Crippen LogP contribution in [-0.4, -0.2) is 15.3 Å². The smallest absolute Gasteiger partial charge is 0.270 e. The molecule has 0 aliphatic carbocycles. The van der Waals surface area contributed by atoms with Crippen LogP contribution in [0, 0.1) is 19.7 Å². The van der Waals surface area contributed by atoms with Crippen molar-refractivity contribution in [2.75, 3.05) is 0 Å². The number of carbonyl (C=O) groups is 1. The number of nitrogens with one attached hydrogen (secondary N) is 1. The predicted octanol–water partition coefficient (Wildman–Crippen LogP) is 4.69. The van der Waals surface area contributed by atoms with E-state index in [1.165, 1.54) is 12.1 Å². The summed E-state index contributed by atoms with van der Waals surface area (Å²) in [6.45, 7) is 4.31. The van der Waals surface area contributed by atoms with Crippen LogP contribution >= 0.6 is 0 Å². The molecule has 0 aliphatic rings. The van der Waals surface area contributed by atoms with Gasteiger partial charge in [0.25, 0.3) is 5.91 Å². The van der Waals surface area contributed by atoms with Gasteiger partial charge < -0.3 is 5.32 Å². The van der Waals surface area contributed by atoms with Crippen molar-refractivity contribution < 1.29 is 9.18 Å². The van der Waals surface area contributed by atoms with Crippen LogP contribution in [0.1, 0.15) is 27.2 Å². The summed E-state index contributed by atoms with van der Waals surface area (Å²) in [5.74, 6) is -0.521. The van der Waals surface area contributed by atoms with Crippen molar-refractivity contribution in [2.45, 2.75) is 20.4 Å². The van der Waals surface area contributed by atoms with Crippen molar-refractivity contribution in [2.24, 2.45) is 0 Å². The number of carbonyl (C=O) groups excluding carboxylic acids is 1. The van der Waals surface area contributed by atoms with Gasteiger partial charge >= 0.3 is 0 Å². The van der Waals surface area contributed by atoms with Gasteiger partial charge in [-0.2, -0.15) is 0 Å². The molecule has 0 spiro atoms. The van der Waals surface area contributed by atoms with Gasteiger partial charge in [0, 0.05) is 18.3 Å². The molecule has 0 radical (unpaired) electrons. The molecule has 0 unspecified atom stereocenters. The van der Waals surface area contributed by atoms with Crippen molar-refractivity contribution in [1.29, 1.82) is 0 Å². The van der Waals surface area contributed by atoms with Crippen molar-refractivity contribution in [3.8, 4) is 11.3 Å². The molecule has 2 heterocycles. The van der Waals surface area contributed by atoms with Gasteiger partial charge in [-0.15, -0.1) is 0 Å². The highest BCUT2D eigenvalue weighted by molar-refractivity contribution is 5.99. The highest BCUT2D eigenvalue weighted by Gasteiger charge is 2.20. The van der Waals surface area contributed by atoms with Gasteiger partial charge in [0.1, 0.15) is 22.9 Å². The van der Waals surface area contributed by atoms with Gasteiger partial charge in [0.05, 0.1) is 0 Å². The topological polar surface area (TPSA) is 46.4 Å². The Labute approximate surface area is 162 Å². The summed E-state index contributed by atoms with van der Waals surface area (Å²) >= 11 is 0. The van der Waals surface area contributed by atoms with Crippen LogP contribution in [-0.2, 0) is 6.54 Å². The van der Waals surface area contributed by atoms with Crippen LogP contribution < -0.4 is 5.32 Å². The number of fused-ring (bicyclic) bond motifs is 1. The summed E-state index contributed by atoms with van der Waals surface area (Å²) in [7, 11) is 0. The molecule has 0 fully saturated rings. The molecule has 0 saturated heterocycles. The number of pyridine rings is 1. The molecule has 28 heavy (non-hydrogen) atoms. The van der Waals surface area contributed by atoms with Gasteiger partial charge in [-0.05, 0) is 43.2 Å². The van der Waals surface area contributed by atoms with Gasteiger partial charge in [-0.3, -0.25) is 9.20 Å². The van der Waals surface area contributed by atoms with Crippen LogP contribution in [0.5, 0.6) is 0 Å². The van der Waals surface area contributed by atoms with Crippen LogP contribution in [0.3, 0.4) is 0 Å². The van der Waals surface area contributed by atoms with E-state index in [0.29, 0.717) is 23.6 Å². The summed E-state index contributed by atoms with van der Waals surface area (Å²) in [4.78, 5) is 17.8. The molecule has 2 aromatic carbocycles. The van der Waals surface area contributed by atoms with E-state index in [1.807, 2.05) is 60.8 Å². The van der Waals surface area contributed by atoms with Crippen LogP contribution in [0.4, 0.5) is 4.39 Å². The Balaban J connectivity index is 1.73. The number of amides is 1. The first-order chi connectivity index (χ1) is 13.5. The summed E-state index contributed by atoms with van der Waals surface area (Å²) in [6.07, 6.45) is 1.91. The van der Waals surface area contributed by atoms with E-state index < -0.39 is 0 Å². The van der Waals surface area contributed by atoms with Gasteiger partial charge in [-0.1, -0.05) is 48.0 Å². The summed E-state index contributed by atoms with van der Waals surface area (Å²) < 4.78 is 14.9. The number of halogens is 1. The lowest BCUT2D eigenvalue weighted by Crippen LogP contribution is -2.24. The number of hydrogen-bond acceptors (Lipinski definition) is 2. The molecular formula is C23H20FN3O. The minimum absolute atomic E-state index is 0.224. The third kappa shape index (κ3) is 3.51. The van der Waals surface area contributed by atoms with Crippen molar-refractivity contribution in [1.82, 2.24) is 14.7 Å². The Morgan fingerprint density at radius 3 is 2.36 bits per heavy atom. The highest BCUT2D eigenvalue weighted by atomic mass is 19.1. The summed E-state index contributed by atoms with van der Waals surface area (Å²) in [5, 5.41) is 2.93. The molecular weight excluding hydrogens is 353 g/mol. The van der Waals surface area contributed by atoms with Crippen molar-refractivity contribution in [3.63, 3.8) is 0 Å². The fourth-order valence-corrected chi connectivity index (χ4v) is 3.15. The van der Waals surface area contributed by atoms with Crippen molar-refractivity contribution in [3.05, 3.63) is 95.1 Å². The maximum Gasteiger partial charge on any atom is 0.270 e. The monoisotopic (exact) mass is 373 g/mol. The first-order valence-electron chi connectivity index (χ1n) is 9.09. The molecule has 0 bridgehead atoms. The maximum atomic E-state index is 13.1. The van der Waals surface area contributed by atoms with Crippen LogP contribution in [0.2, 0.25) is 0 Å². The fraction of sp³-hybridized carbons (Fsp3) is 0.130. The zero-order valence-corrected chi connectivity index (χ0v) is 15.7. The zero-order chi connectivity index (χ0) is 19.7. The number of rotatable bonds is 4. The Hall–Kier alpha value is -3.47. The summed E-state index contributed by atoms with van der Waals surface area (Å²) in [5.41, 5.74) is 5.74. The van der Waals surface area contributed by atoms with E-state index in [2.05, 4.69) is 5.32 Å². The Morgan fingerprint density at radius 1 is 0.964 bits per heavy atom.